The average Bonchev–Trinajstić information content (AvgIpc) is 3.12. The van der Waals surface area contributed by atoms with Crippen LogP contribution in [-0.2, 0) is 9.47 Å². The molecule has 136 valence electrons. The highest BCUT2D eigenvalue weighted by atomic mass is 35.5. The molecule has 1 N–H and O–H groups in total. The Morgan fingerprint density at radius 3 is 2.42 bits per heavy atom. The first-order valence-corrected chi connectivity index (χ1v) is 8.94. The highest BCUT2D eigenvalue weighted by Crippen LogP contribution is 2.32. The molecule has 4 rings (SSSR count). The zero-order valence-corrected chi connectivity index (χ0v) is 14.9. The molecule has 0 saturated carbocycles. The number of piperidine rings is 1. The largest absolute Gasteiger partial charge is 0.347 e. The Morgan fingerprint density at radius 2 is 1.77 bits per heavy atom. The van der Waals surface area contributed by atoms with E-state index < -0.39 is 5.79 Å². The van der Waals surface area contributed by atoms with Crippen molar-refractivity contribution >= 4 is 29.1 Å². The van der Waals surface area contributed by atoms with Crippen LogP contribution in [0.3, 0.4) is 0 Å². The molecule has 26 heavy (non-hydrogen) atoms. The number of para-hydroxylation sites is 1. The quantitative estimate of drug-likeness (QED) is 0.890. The summed E-state index contributed by atoms with van der Waals surface area (Å²) in [6.07, 6.45) is 4.62. The SMILES string of the molecule is O=C(Nc1ccccc1Cl)c1cnc(N2CCC3(CC2)OCCO3)nc1. The van der Waals surface area contributed by atoms with E-state index in [9.17, 15) is 4.79 Å². The zero-order chi connectivity index (χ0) is 18.0. The van der Waals surface area contributed by atoms with Crippen LogP contribution in [0.1, 0.15) is 23.2 Å². The summed E-state index contributed by atoms with van der Waals surface area (Å²) in [6, 6.07) is 7.08. The first-order chi connectivity index (χ1) is 12.7. The number of rotatable bonds is 3. The lowest BCUT2D eigenvalue weighted by Gasteiger charge is -2.37. The Bertz CT molecular complexity index is 783. The number of amides is 1. The van der Waals surface area contributed by atoms with E-state index in [0.717, 1.165) is 25.9 Å². The first kappa shape index (κ1) is 17.2. The van der Waals surface area contributed by atoms with Gasteiger partial charge in [-0.2, -0.15) is 0 Å². The highest BCUT2D eigenvalue weighted by Gasteiger charge is 2.40. The third-order valence-electron chi connectivity index (χ3n) is 4.64. The summed E-state index contributed by atoms with van der Waals surface area (Å²) in [5, 5.41) is 3.24. The zero-order valence-electron chi connectivity index (χ0n) is 14.2. The number of carbonyl (C=O) groups is 1. The highest BCUT2D eigenvalue weighted by molar-refractivity contribution is 6.33. The molecule has 2 fully saturated rings. The topological polar surface area (TPSA) is 76.6 Å². The number of nitrogens with one attached hydrogen (secondary N) is 1. The molecule has 0 radical (unpaired) electrons. The Labute approximate surface area is 156 Å². The maximum absolute atomic E-state index is 12.3. The Morgan fingerprint density at radius 1 is 1.12 bits per heavy atom. The maximum Gasteiger partial charge on any atom is 0.258 e. The number of carbonyl (C=O) groups excluding carboxylic acids is 1. The van der Waals surface area contributed by atoms with Gasteiger partial charge in [0.25, 0.3) is 5.91 Å². The smallest absolute Gasteiger partial charge is 0.258 e. The number of halogens is 1. The summed E-state index contributed by atoms with van der Waals surface area (Å²) >= 11 is 6.06. The fourth-order valence-electron chi connectivity index (χ4n) is 3.19. The lowest BCUT2D eigenvalue weighted by atomic mass is 10.0. The van der Waals surface area contributed by atoms with E-state index in [1.807, 2.05) is 6.07 Å². The van der Waals surface area contributed by atoms with Crippen molar-refractivity contribution < 1.29 is 14.3 Å². The molecule has 0 atom stereocenters. The number of hydrogen-bond donors (Lipinski definition) is 1. The van der Waals surface area contributed by atoms with Crippen LogP contribution in [0, 0.1) is 0 Å². The molecule has 0 unspecified atom stereocenters. The lowest BCUT2D eigenvalue weighted by Crippen LogP contribution is -2.45. The minimum Gasteiger partial charge on any atom is -0.347 e. The molecular weight excluding hydrogens is 356 g/mol. The van der Waals surface area contributed by atoms with Gasteiger partial charge < -0.3 is 19.7 Å². The van der Waals surface area contributed by atoms with E-state index in [-0.39, 0.29) is 5.91 Å². The molecule has 3 heterocycles. The summed E-state index contributed by atoms with van der Waals surface area (Å²) in [5.41, 5.74) is 0.936. The standard InChI is InChI=1S/C18H19ClN4O3/c19-14-3-1-2-4-15(14)22-16(24)13-11-20-17(21-12-13)23-7-5-18(6-8-23)25-9-10-26-18/h1-4,11-12H,5-10H2,(H,22,24). The van der Waals surface area contributed by atoms with Gasteiger partial charge in [-0.15, -0.1) is 0 Å². The van der Waals surface area contributed by atoms with E-state index in [0.29, 0.717) is 35.4 Å². The lowest BCUT2D eigenvalue weighted by molar-refractivity contribution is -0.169. The van der Waals surface area contributed by atoms with Gasteiger partial charge in [-0.1, -0.05) is 23.7 Å². The number of aromatic nitrogens is 2. The van der Waals surface area contributed by atoms with Crippen molar-refractivity contribution in [3.05, 3.63) is 47.2 Å². The van der Waals surface area contributed by atoms with Gasteiger partial charge >= 0.3 is 0 Å². The van der Waals surface area contributed by atoms with E-state index in [4.69, 9.17) is 21.1 Å². The van der Waals surface area contributed by atoms with Crippen molar-refractivity contribution in [1.82, 2.24) is 9.97 Å². The average molecular weight is 375 g/mol. The number of ether oxygens (including phenoxy) is 2. The first-order valence-electron chi connectivity index (χ1n) is 8.56. The summed E-state index contributed by atoms with van der Waals surface area (Å²) < 4.78 is 11.5. The normalized spacial score (nSPS) is 18.9. The number of anilines is 2. The van der Waals surface area contributed by atoms with Gasteiger partial charge in [-0.3, -0.25) is 4.79 Å². The maximum atomic E-state index is 12.3. The molecule has 2 saturated heterocycles. The minimum absolute atomic E-state index is 0.296. The molecule has 2 aromatic rings. The van der Waals surface area contributed by atoms with Crippen LogP contribution in [0.2, 0.25) is 5.02 Å². The van der Waals surface area contributed by atoms with Gasteiger partial charge in [0.2, 0.25) is 5.95 Å². The van der Waals surface area contributed by atoms with Crippen LogP contribution in [0.5, 0.6) is 0 Å². The predicted octanol–water partition coefficient (Wildman–Crippen LogP) is 2.73. The van der Waals surface area contributed by atoms with E-state index >= 15 is 0 Å². The molecule has 1 amide bonds. The Hall–Kier alpha value is -2.22. The second kappa shape index (κ2) is 7.19. The van der Waals surface area contributed by atoms with Gasteiger partial charge in [0.1, 0.15) is 0 Å². The van der Waals surface area contributed by atoms with Crippen LogP contribution < -0.4 is 10.2 Å². The van der Waals surface area contributed by atoms with E-state index in [1.54, 1.807) is 18.2 Å². The third kappa shape index (κ3) is 3.51. The molecule has 0 aliphatic carbocycles. The van der Waals surface area contributed by atoms with Gasteiger partial charge in [0.15, 0.2) is 5.79 Å². The number of nitrogens with zero attached hydrogens (tertiary/aromatic N) is 3. The molecule has 2 aliphatic heterocycles. The second-order valence-electron chi connectivity index (χ2n) is 6.30. The van der Waals surface area contributed by atoms with Crippen molar-refractivity contribution in [1.29, 1.82) is 0 Å². The van der Waals surface area contributed by atoms with Crippen molar-refractivity contribution in [2.24, 2.45) is 0 Å². The van der Waals surface area contributed by atoms with Gasteiger partial charge in [-0.05, 0) is 12.1 Å². The van der Waals surface area contributed by atoms with Gasteiger partial charge in [0, 0.05) is 38.3 Å². The van der Waals surface area contributed by atoms with Crippen molar-refractivity contribution in [2.75, 3.05) is 36.5 Å². The van der Waals surface area contributed by atoms with Crippen LogP contribution >= 0.6 is 11.6 Å². The molecule has 1 aromatic heterocycles. The van der Waals surface area contributed by atoms with Crippen LogP contribution in [0.4, 0.5) is 11.6 Å². The summed E-state index contributed by atoms with van der Waals surface area (Å²) in [7, 11) is 0. The molecule has 1 aromatic carbocycles. The van der Waals surface area contributed by atoms with Crippen LogP contribution in [0.15, 0.2) is 36.7 Å². The van der Waals surface area contributed by atoms with Crippen molar-refractivity contribution in [3.8, 4) is 0 Å². The molecule has 1 spiro atoms. The summed E-state index contributed by atoms with van der Waals surface area (Å²) in [4.78, 5) is 23.1. The minimum atomic E-state index is -0.425. The Balaban J connectivity index is 1.39. The fraction of sp³-hybridized carbons (Fsp3) is 0.389. The second-order valence-corrected chi connectivity index (χ2v) is 6.71. The Kier molecular flexibility index (Phi) is 4.76. The van der Waals surface area contributed by atoms with Crippen molar-refractivity contribution in [2.45, 2.75) is 18.6 Å². The van der Waals surface area contributed by atoms with Crippen LogP contribution in [0.25, 0.3) is 0 Å². The van der Waals surface area contributed by atoms with E-state index in [1.165, 1.54) is 12.4 Å². The molecule has 8 heteroatoms. The molecule has 7 nitrogen and oxygen atoms in total. The van der Waals surface area contributed by atoms with Crippen LogP contribution in [-0.4, -0.2) is 48.0 Å². The fourth-order valence-corrected chi connectivity index (χ4v) is 3.37. The molecular formula is C18H19ClN4O3. The molecule has 0 bridgehead atoms. The third-order valence-corrected chi connectivity index (χ3v) is 4.97. The molecule has 2 aliphatic rings. The number of benzene rings is 1. The monoisotopic (exact) mass is 374 g/mol. The predicted molar refractivity (Wildman–Crippen MR) is 97.5 cm³/mol. The van der Waals surface area contributed by atoms with Crippen molar-refractivity contribution in [3.63, 3.8) is 0 Å². The van der Waals surface area contributed by atoms with Gasteiger partial charge in [0.05, 0.1) is 29.5 Å². The van der Waals surface area contributed by atoms with Gasteiger partial charge in [-0.25, -0.2) is 9.97 Å². The number of hydrogen-bond acceptors (Lipinski definition) is 6. The summed E-state index contributed by atoms with van der Waals surface area (Å²) in [6.45, 7) is 2.83. The van der Waals surface area contributed by atoms with E-state index in [2.05, 4.69) is 20.2 Å². The summed E-state index contributed by atoms with van der Waals surface area (Å²) in [5.74, 6) is -0.118.